The second kappa shape index (κ2) is 10.7. The van der Waals surface area contributed by atoms with Crippen molar-refractivity contribution in [1.29, 1.82) is 0 Å². The summed E-state index contributed by atoms with van der Waals surface area (Å²) in [7, 11) is 0. The molecule has 0 spiro atoms. The van der Waals surface area contributed by atoms with Crippen LogP contribution in [-0.4, -0.2) is 33.6 Å². The van der Waals surface area contributed by atoms with Gasteiger partial charge in [-0.25, -0.2) is 14.6 Å². The average Bonchev–Trinajstić information content (AvgIpc) is 2.71. The van der Waals surface area contributed by atoms with E-state index in [0.717, 1.165) is 11.8 Å². The summed E-state index contributed by atoms with van der Waals surface area (Å²) in [5.74, 6) is 4.79. The van der Waals surface area contributed by atoms with Gasteiger partial charge in [0, 0.05) is 12.5 Å². The number of amides is 1. The lowest BCUT2D eigenvalue weighted by molar-refractivity contribution is -0.385. The van der Waals surface area contributed by atoms with E-state index in [2.05, 4.69) is 22.1 Å². The van der Waals surface area contributed by atoms with E-state index in [1.54, 1.807) is 20.8 Å². The zero-order chi connectivity index (χ0) is 22.9. The maximum absolute atomic E-state index is 12.5. The zero-order valence-electron chi connectivity index (χ0n) is 17.5. The van der Waals surface area contributed by atoms with Gasteiger partial charge < -0.3 is 14.8 Å². The third kappa shape index (κ3) is 8.53. The Morgan fingerprint density at radius 2 is 1.90 bits per heavy atom. The van der Waals surface area contributed by atoms with Gasteiger partial charge in [0.15, 0.2) is 0 Å². The first-order valence-electron chi connectivity index (χ1n) is 9.43. The molecule has 0 bridgehead atoms. The number of pyridine rings is 1. The van der Waals surface area contributed by atoms with E-state index in [1.165, 1.54) is 12.1 Å². The maximum atomic E-state index is 12.5. The minimum Gasteiger partial charge on any atom is -0.459 e. The second-order valence-corrected chi connectivity index (χ2v) is 7.46. The van der Waals surface area contributed by atoms with Crippen molar-refractivity contribution in [3.8, 4) is 11.8 Å². The van der Waals surface area contributed by atoms with Crippen LogP contribution in [0.25, 0.3) is 0 Å². The van der Waals surface area contributed by atoms with E-state index in [4.69, 9.17) is 9.47 Å². The molecule has 2 rings (SSSR count). The Labute approximate surface area is 179 Å². The van der Waals surface area contributed by atoms with Gasteiger partial charge in [0.1, 0.15) is 30.1 Å². The van der Waals surface area contributed by atoms with Crippen molar-refractivity contribution in [1.82, 2.24) is 10.3 Å². The molecule has 1 amide bonds. The molecule has 1 atom stereocenters. The topological polar surface area (TPSA) is 121 Å². The third-order valence-corrected chi connectivity index (χ3v) is 3.68. The van der Waals surface area contributed by atoms with E-state index < -0.39 is 28.6 Å². The predicted octanol–water partition coefficient (Wildman–Crippen LogP) is 3.37. The number of hydrogen-bond donors (Lipinski definition) is 1. The zero-order valence-corrected chi connectivity index (χ0v) is 17.5. The molecular weight excluding hydrogens is 402 g/mol. The van der Waals surface area contributed by atoms with Gasteiger partial charge in [-0.2, -0.15) is 0 Å². The number of esters is 1. The van der Waals surface area contributed by atoms with Crippen molar-refractivity contribution < 1.29 is 24.0 Å². The highest BCUT2D eigenvalue weighted by atomic mass is 16.6. The van der Waals surface area contributed by atoms with Gasteiger partial charge >= 0.3 is 12.1 Å². The molecule has 0 saturated heterocycles. The summed E-state index contributed by atoms with van der Waals surface area (Å²) in [4.78, 5) is 38.6. The lowest BCUT2D eigenvalue weighted by Crippen LogP contribution is -2.44. The first kappa shape index (κ1) is 23.3. The number of aromatic nitrogens is 1. The Bertz CT molecular complexity index is 972. The molecule has 9 nitrogen and oxygen atoms in total. The molecule has 1 unspecified atom stereocenters. The summed E-state index contributed by atoms with van der Waals surface area (Å²) in [6.07, 6.45) is 0.254. The van der Waals surface area contributed by atoms with E-state index in [-0.39, 0.29) is 18.7 Å². The molecule has 1 aromatic heterocycles. The molecule has 0 aliphatic carbocycles. The van der Waals surface area contributed by atoms with Crippen LogP contribution in [0.3, 0.4) is 0 Å². The normalized spacial score (nSPS) is 11.5. The van der Waals surface area contributed by atoms with Crippen molar-refractivity contribution >= 4 is 17.7 Å². The van der Waals surface area contributed by atoms with Crippen LogP contribution in [0.4, 0.5) is 10.5 Å². The van der Waals surface area contributed by atoms with Crippen LogP contribution in [0.5, 0.6) is 0 Å². The smallest absolute Gasteiger partial charge is 0.408 e. The fourth-order valence-corrected chi connectivity index (χ4v) is 2.28. The number of nitrogens with zero attached hydrogens (tertiary/aromatic N) is 2. The molecule has 0 fully saturated rings. The van der Waals surface area contributed by atoms with Gasteiger partial charge in [-0.15, -0.1) is 0 Å². The summed E-state index contributed by atoms with van der Waals surface area (Å²) in [6, 6.07) is 10.7. The number of benzene rings is 1. The second-order valence-electron chi connectivity index (χ2n) is 7.46. The number of carbonyl (C=O) groups is 2. The Morgan fingerprint density at radius 1 is 1.19 bits per heavy atom. The quantitative estimate of drug-likeness (QED) is 0.326. The van der Waals surface area contributed by atoms with Crippen LogP contribution >= 0.6 is 0 Å². The van der Waals surface area contributed by atoms with E-state index in [1.807, 2.05) is 30.3 Å². The number of carbonyl (C=O) groups excluding carboxylic acids is 2. The lowest BCUT2D eigenvalue weighted by Gasteiger charge is -2.22. The van der Waals surface area contributed by atoms with Crippen LogP contribution in [0.2, 0.25) is 0 Å². The molecule has 162 valence electrons. The van der Waals surface area contributed by atoms with Gasteiger partial charge in [0.05, 0.1) is 4.92 Å². The van der Waals surface area contributed by atoms with Crippen molar-refractivity contribution in [2.45, 2.75) is 45.4 Å². The largest absolute Gasteiger partial charge is 0.459 e. The lowest BCUT2D eigenvalue weighted by atomic mass is 10.2. The summed E-state index contributed by atoms with van der Waals surface area (Å²) in [6.45, 7) is 5.16. The van der Waals surface area contributed by atoms with Crippen LogP contribution in [0.15, 0.2) is 48.7 Å². The average molecular weight is 425 g/mol. The van der Waals surface area contributed by atoms with Gasteiger partial charge in [-0.05, 0) is 38.3 Å². The molecule has 31 heavy (non-hydrogen) atoms. The highest BCUT2D eigenvalue weighted by Crippen LogP contribution is 2.10. The van der Waals surface area contributed by atoms with Crippen LogP contribution in [0, 0.1) is 22.0 Å². The molecule has 1 aromatic carbocycles. The number of nitro groups is 1. The summed E-state index contributed by atoms with van der Waals surface area (Å²) < 4.78 is 10.5. The monoisotopic (exact) mass is 425 g/mol. The molecule has 9 heteroatoms. The molecule has 0 aliphatic heterocycles. The molecule has 0 radical (unpaired) electrons. The highest BCUT2D eigenvalue weighted by Gasteiger charge is 2.25. The summed E-state index contributed by atoms with van der Waals surface area (Å²) >= 11 is 0. The SMILES string of the molecule is CC(C)(C)OC(=O)NC(CC#Cc1ccc([N+](=O)[O-])cn1)C(=O)OCc1ccccc1. The van der Waals surface area contributed by atoms with Crippen molar-refractivity contribution in [3.63, 3.8) is 0 Å². The van der Waals surface area contributed by atoms with Gasteiger partial charge in [0.2, 0.25) is 0 Å². The van der Waals surface area contributed by atoms with Gasteiger partial charge in [-0.1, -0.05) is 36.3 Å². The maximum Gasteiger partial charge on any atom is 0.408 e. The first-order valence-corrected chi connectivity index (χ1v) is 9.43. The number of hydrogen-bond acceptors (Lipinski definition) is 7. The molecule has 2 aromatic rings. The molecule has 0 aliphatic rings. The molecule has 0 saturated carbocycles. The van der Waals surface area contributed by atoms with Crippen LogP contribution in [-0.2, 0) is 20.9 Å². The Hall–Kier alpha value is -3.93. The fourth-order valence-electron chi connectivity index (χ4n) is 2.28. The molecule has 1 N–H and O–H groups in total. The minimum absolute atomic E-state index is 0.0451. The number of nitrogens with one attached hydrogen (secondary N) is 1. The van der Waals surface area contributed by atoms with E-state index in [0.29, 0.717) is 5.69 Å². The number of alkyl carbamates (subject to hydrolysis) is 1. The highest BCUT2D eigenvalue weighted by molar-refractivity contribution is 5.81. The Kier molecular flexibility index (Phi) is 8.09. The molecule has 1 heterocycles. The van der Waals surface area contributed by atoms with E-state index >= 15 is 0 Å². The first-order chi connectivity index (χ1) is 14.6. The van der Waals surface area contributed by atoms with Gasteiger partial charge in [-0.3, -0.25) is 10.1 Å². The van der Waals surface area contributed by atoms with Crippen molar-refractivity contribution in [2.24, 2.45) is 0 Å². The fraction of sp³-hybridized carbons (Fsp3) is 0.318. The Balaban J connectivity index is 2.06. The Morgan fingerprint density at radius 3 is 2.48 bits per heavy atom. The summed E-state index contributed by atoms with van der Waals surface area (Å²) in [5.41, 5.74) is 0.198. The predicted molar refractivity (Wildman–Crippen MR) is 112 cm³/mol. The minimum atomic E-state index is -1.07. The van der Waals surface area contributed by atoms with Crippen LogP contribution in [0.1, 0.15) is 38.4 Å². The van der Waals surface area contributed by atoms with Crippen LogP contribution < -0.4 is 5.32 Å². The van der Waals surface area contributed by atoms with Crippen molar-refractivity contribution in [3.05, 3.63) is 70.0 Å². The van der Waals surface area contributed by atoms with Crippen molar-refractivity contribution in [2.75, 3.05) is 0 Å². The summed E-state index contributed by atoms with van der Waals surface area (Å²) in [5, 5.41) is 13.2. The van der Waals surface area contributed by atoms with E-state index in [9.17, 15) is 19.7 Å². The number of rotatable bonds is 6. The third-order valence-electron chi connectivity index (χ3n) is 3.68. The molecular formula is C22H23N3O6. The number of ether oxygens (including phenoxy) is 2. The van der Waals surface area contributed by atoms with Gasteiger partial charge in [0.25, 0.3) is 5.69 Å². The standard InChI is InChI=1S/C22H23N3O6/c1-22(2,3)31-21(27)24-19(20(26)30-15-16-8-5-4-6-9-16)11-7-10-17-12-13-18(14-23-17)25(28)29/h4-6,8-9,12-14,19H,11,15H2,1-3H3,(H,24,27).